The van der Waals surface area contributed by atoms with Crippen LogP contribution in [0.5, 0.6) is 0 Å². The van der Waals surface area contributed by atoms with Crippen molar-refractivity contribution in [2.75, 3.05) is 11.9 Å². The van der Waals surface area contributed by atoms with E-state index in [1.807, 2.05) is 18.2 Å². The summed E-state index contributed by atoms with van der Waals surface area (Å²) in [5.41, 5.74) is 9.46. The van der Waals surface area contributed by atoms with Crippen LogP contribution in [0.3, 0.4) is 0 Å². The molecule has 0 bridgehead atoms. The molecule has 0 saturated heterocycles. The van der Waals surface area contributed by atoms with E-state index in [2.05, 4.69) is 66.0 Å². The zero-order chi connectivity index (χ0) is 14.5. The normalized spacial score (nSPS) is 20.4. The lowest BCUT2D eigenvalue weighted by Gasteiger charge is -2.32. The van der Waals surface area contributed by atoms with Crippen molar-refractivity contribution < 1.29 is 0 Å². The van der Waals surface area contributed by atoms with Crippen LogP contribution in [-0.4, -0.2) is 6.54 Å². The van der Waals surface area contributed by atoms with Crippen LogP contribution < -0.4 is 11.1 Å². The fourth-order valence-electron chi connectivity index (χ4n) is 2.83. The van der Waals surface area contributed by atoms with Crippen LogP contribution >= 0.6 is 0 Å². The van der Waals surface area contributed by atoms with Gasteiger partial charge in [0.15, 0.2) is 0 Å². The van der Waals surface area contributed by atoms with E-state index < -0.39 is 0 Å². The van der Waals surface area contributed by atoms with Crippen molar-refractivity contribution in [3.8, 4) is 0 Å². The molecule has 1 aliphatic carbocycles. The molecule has 106 valence electrons. The lowest BCUT2D eigenvalue weighted by atomic mass is 9.75. The number of nitrogens with two attached hydrogens (primary N) is 1. The average Bonchev–Trinajstić information content (AvgIpc) is 2.57. The fourth-order valence-corrected chi connectivity index (χ4v) is 2.83. The second-order valence-electron chi connectivity index (χ2n) is 5.39. The van der Waals surface area contributed by atoms with Crippen LogP contribution in [0.25, 0.3) is 0 Å². The first kappa shape index (κ1) is 13.7. The second-order valence-corrected chi connectivity index (χ2v) is 5.39. The van der Waals surface area contributed by atoms with Crippen molar-refractivity contribution in [3.05, 3.63) is 84.5 Å². The van der Waals surface area contributed by atoms with E-state index >= 15 is 0 Å². The Kier molecular flexibility index (Phi) is 3.89. The number of nitrogens with one attached hydrogen (secondary N) is 1. The highest BCUT2D eigenvalue weighted by Gasteiger charge is 2.30. The fraction of sp³-hybridized carbons (Fsp3) is 0.158. The monoisotopic (exact) mass is 276 g/mol. The van der Waals surface area contributed by atoms with Crippen molar-refractivity contribution in [2.24, 2.45) is 5.73 Å². The SMILES string of the molecule is NCC1(c2ccccc2Nc2ccccc2)C=CC=CC1. The van der Waals surface area contributed by atoms with Gasteiger partial charge in [0.2, 0.25) is 0 Å². The molecule has 0 saturated carbocycles. The molecule has 3 rings (SSSR count). The number of rotatable bonds is 4. The molecule has 2 nitrogen and oxygen atoms in total. The maximum absolute atomic E-state index is 6.12. The van der Waals surface area contributed by atoms with E-state index in [0.29, 0.717) is 6.54 Å². The van der Waals surface area contributed by atoms with Gasteiger partial charge in [0.05, 0.1) is 0 Å². The number of allylic oxidation sites excluding steroid dienone is 3. The van der Waals surface area contributed by atoms with Gasteiger partial charge in [0.25, 0.3) is 0 Å². The standard InChI is InChI=1S/C19H20N2/c20-15-19(13-7-2-8-14-19)17-11-5-6-12-18(17)21-16-9-3-1-4-10-16/h1-13,21H,14-15,20H2. The van der Waals surface area contributed by atoms with Crippen LogP contribution in [0.1, 0.15) is 12.0 Å². The Morgan fingerprint density at radius 2 is 1.71 bits per heavy atom. The molecule has 0 radical (unpaired) electrons. The highest BCUT2D eigenvalue weighted by molar-refractivity contribution is 5.66. The smallest absolute Gasteiger partial charge is 0.0426 e. The summed E-state index contributed by atoms with van der Waals surface area (Å²) in [5, 5.41) is 3.52. The van der Waals surface area contributed by atoms with Gasteiger partial charge in [-0.05, 0) is 30.2 Å². The van der Waals surface area contributed by atoms with Crippen LogP contribution in [0, 0.1) is 0 Å². The van der Waals surface area contributed by atoms with Gasteiger partial charge in [-0.1, -0.05) is 60.7 Å². The predicted molar refractivity (Wildman–Crippen MR) is 89.8 cm³/mol. The summed E-state index contributed by atoms with van der Waals surface area (Å²) >= 11 is 0. The molecule has 21 heavy (non-hydrogen) atoms. The maximum atomic E-state index is 6.12. The van der Waals surface area contributed by atoms with E-state index in [9.17, 15) is 0 Å². The van der Waals surface area contributed by atoms with Crippen molar-refractivity contribution in [2.45, 2.75) is 11.8 Å². The highest BCUT2D eigenvalue weighted by atomic mass is 14.9. The lowest BCUT2D eigenvalue weighted by Crippen LogP contribution is -2.34. The topological polar surface area (TPSA) is 38.0 Å². The van der Waals surface area contributed by atoms with Gasteiger partial charge in [-0.2, -0.15) is 0 Å². The summed E-state index contributed by atoms with van der Waals surface area (Å²) in [4.78, 5) is 0. The number of hydrogen-bond acceptors (Lipinski definition) is 2. The third-order valence-electron chi connectivity index (χ3n) is 4.03. The van der Waals surface area contributed by atoms with Crippen LogP contribution in [0.4, 0.5) is 11.4 Å². The largest absolute Gasteiger partial charge is 0.355 e. The Bertz CT molecular complexity index is 658. The quantitative estimate of drug-likeness (QED) is 0.880. The third-order valence-corrected chi connectivity index (χ3v) is 4.03. The molecule has 1 atom stereocenters. The molecule has 1 aliphatic rings. The van der Waals surface area contributed by atoms with Crippen LogP contribution in [0.15, 0.2) is 78.9 Å². The van der Waals surface area contributed by atoms with E-state index in [4.69, 9.17) is 5.73 Å². The molecule has 3 N–H and O–H groups in total. The summed E-state index contributed by atoms with van der Waals surface area (Å²) < 4.78 is 0. The molecule has 2 aromatic rings. The molecule has 0 amide bonds. The van der Waals surface area contributed by atoms with Crippen molar-refractivity contribution in [3.63, 3.8) is 0 Å². The first-order valence-corrected chi connectivity index (χ1v) is 7.30. The van der Waals surface area contributed by atoms with Gasteiger partial charge >= 0.3 is 0 Å². The molecular weight excluding hydrogens is 256 g/mol. The first-order valence-electron chi connectivity index (χ1n) is 7.30. The van der Waals surface area contributed by atoms with E-state index in [1.54, 1.807) is 0 Å². The number of hydrogen-bond donors (Lipinski definition) is 2. The van der Waals surface area contributed by atoms with E-state index in [1.165, 1.54) is 5.56 Å². The van der Waals surface area contributed by atoms with Crippen molar-refractivity contribution >= 4 is 11.4 Å². The van der Waals surface area contributed by atoms with Gasteiger partial charge in [0, 0.05) is 23.3 Å². The highest BCUT2D eigenvalue weighted by Crippen LogP contribution is 2.37. The Labute approximate surface area is 126 Å². The minimum absolute atomic E-state index is 0.118. The molecule has 1 unspecified atom stereocenters. The third kappa shape index (κ3) is 2.76. The van der Waals surface area contributed by atoms with E-state index in [0.717, 1.165) is 17.8 Å². The van der Waals surface area contributed by atoms with Gasteiger partial charge in [-0.25, -0.2) is 0 Å². The summed E-state index contributed by atoms with van der Waals surface area (Å²) in [6.07, 6.45) is 9.52. The predicted octanol–water partition coefficient (Wildman–Crippen LogP) is 4.14. The lowest BCUT2D eigenvalue weighted by molar-refractivity contribution is 0.552. The van der Waals surface area contributed by atoms with Gasteiger partial charge in [0.1, 0.15) is 0 Å². The van der Waals surface area contributed by atoms with Crippen LogP contribution in [0.2, 0.25) is 0 Å². The number of benzene rings is 2. The molecular formula is C19H20N2. The van der Waals surface area contributed by atoms with Gasteiger partial charge < -0.3 is 11.1 Å². The summed E-state index contributed by atoms with van der Waals surface area (Å²) in [6.45, 7) is 0.599. The number of anilines is 2. The Morgan fingerprint density at radius 1 is 0.952 bits per heavy atom. The molecule has 0 aromatic heterocycles. The second kappa shape index (κ2) is 5.98. The maximum Gasteiger partial charge on any atom is 0.0426 e. The van der Waals surface area contributed by atoms with Crippen LogP contribution in [-0.2, 0) is 5.41 Å². The van der Waals surface area contributed by atoms with E-state index in [-0.39, 0.29) is 5.41 Å². The van der Waals surface area contributed by atoms with Crippen molar-refractivity contribution in [1.82, 2.24) is 0 Å². The van der Waals surface area contributed by atoms with Gasteiger partial charge in [-0.15, -0.1) is 0 Å². The zero-order valence-electron chi connectivity index (χ0n) is 12.0. The molecule has 0 heterocycles. The van der Waals surface area contributed by atoms with Gasteiger partial charge in [-0.3, -0.25) is 0 Å². The average molecular weight is 276 g/mol. The molecule has 2 aromatic carbocycles. The number of para-hydroxylation sites is 2. The summed E-state index contributed by atoms with van der Waals surface area (Å²) in [7, 11) is 0. The Hall–Kier alpha value is -2.32. The molecule has 0 aliphatic heterocycles. The minimum atomic E-state index is -0.118. The minimum Gasteiger partial charge on any atom is -0.355 e. The molecule has 0 spiro atoms. The molecule has 2 heteroatoms. The first-order chi connectivity index (χ1) is 10.3. The summed E-state index contributed by atoms with van der Waals surface area (Å²) in [5.74, 6) is 0. The summed E-state index contributed by atoms with van der Waals surface area (Å²) in [6, 6.07) is 18.7. The zero-order valence-corrected chi connectivity index (χ0v) is 12.0. The Balaban J connectivity index is 2.00. The van der Waals surface area contributed by atoms with Crippen molar-refractivity contribution in [1.29, 1.82) is 0 Å². The Morgan fingerprint density at radius 3 is 2.43 bits per heavy atom. The molecule has 0 fully saturated rings.